The molecule has 2 aromatic heterocycles. The first-order chi connectivity index (χ1) is 10.2. The molecule has 3 aromatic rings. The number of ether oxygens (including phenoxy) is 1. The number of carbonyl (C=O) groups is 1. The first-order valence-electron chi connectivity index (χ1n) is 6.65. The molecule has 1 aromatic carbocycles. The lowest BCUT2D eigenvalue weighted by molar-refractivity contribution is 0.0602. The van der Waals surface area contributed by atoms with E-state index in [0.717, 1.165) is 5.56 Å². The van der Waals surface area contributed by atoms with Crippen LogP contribution in [0.3, 0.4) is 0 Å². The molecule has 0 atom stereocenters. The van der Waals surface area contributed by atoms with E-state index in [-0.39, 0.29) is 0 Å². The fraction of sp³-hybridized carbons (Fsp3) is 0.188. The van der Waals surface area contributed by atoms with Gasteiger partial charge in [-0.15, -0.1) is 0 Å². The molecule has 0 unspecified atom stereocenters. The van der Waals surface area contributed by atoms with Crippen molar-refractivity contribution >= 4 is 11.6 Å². The van der Waals surface area contributed by atoms with E-state index in [9.17, 15) is 4.79 Å². The van der Waals surface area contributed by atoms with Gasteiger partial charge >= 0.3 is 5.97 Å². The number of methoxy groups -OCH3 is 1. The number of hydrogen-bond acceptors (Lipinski definition) is 4. The van der Waals surface area contributed by atoms with Crippen LogP contribution in [0.4, 0.5) is 0 Å². The van der Waals surface area contributed by atoms with Crippen molar-refractivity contribution in [2.75, 3.05) is 7.11 Å². The predicted octanol–water partition coefficient (Wildman–Crippen LogP) is 2.42. The summed E-state index contributed by atoms with van der Waals surface area (Å²) < 4.78 is 6.38. The standard InChI is InChI=1S/C16H15N3O2/c1-11-5-3-6-12(9-11)10-14-17-15-13(16(20)21-2)7-4-8-19(15)18-14/h3-9H,10H2,1-2H3. The minimum atomic E-state index is -0.407. The van der Waals surface area contributed by atoms with Gasteiger partial charge in [0.1, 0.15) is 5.56 Å². The highest BCUT2D eigenvalue weighted by atomic mass is 16.5. The average Bonchev–Trinajstić information content (AvgIpc) is 2.88. The molecule has 0 saturated carbocycles. The molecule has 0 fully saturated rings. The number of esters is 1. The molecule has 0 N–H and O–H groups in total. The number of rotatable bonds is 3. The Kier molecular flexibility index (Phi) is 3.39. The summed E-state index contributed by atoms with van der Waals surface area (Å²) in [7, 11) is 1.36. The van der Waals surface area contributed by atoms with Gasteiger partial charge in [0, 0.05) is 12.6 Å². The van der Waals surface area contributed by atoms with Gasteiger partial charge in [-0.3, -0.25) is 0 Å². The normalized spacial score (nSPS) is 10.8. The molecule has 0 saturated heterocycles. The summed E-state index contributed by atoms with van der Waals surface area (Å²) in [4.78, 5) is 16.2. The Hall–Kier alpha value is -2.69. The quantitative estimate of drug-likeness (QED) is 0.692. The highest BCUT2D eigenvalue weighted by Gasteiger charge is 2.14. The Morgan fingerprint density at radius 2 is 2.14 bits per heavy atom. The number of carbonyl (C=O) groups excluding carboxylic acids is 1. The van der Waals surface area contributed by atoms with Crippen LogP contribution in [-0.2, 0) is 11.2 Å². The Morgan fingerprint density at radius 1 is 1.29 bits per heavy atom. The highest BCUT2D eigenvalue weighted by molar-refractivity contribution is 5.95. The van der Waals surface area contributed by atoms with E-state index in [1.807, 2.05) is 12.1 Å². The molecule has 0 aliphatic heterocycles. The molecule has 106 valence electrons. The Labute approximate surface area is 122 Å². The van der Waals surface area contributed by atoms with Crippen molar-refractivity contribution in [2.45, 2.75) is 13.3 Å². The van der Waals surface area contributed by atoms with E-state index in [2.05, 4.69) is 29.1 Å². The third kappa shape index (κ3) is 2.63. The van der Waals surface area contributed by atoms with Crippen LogP contribution in [0.15, 0.2) is 42.6 Å². The number of aryl methyl sites for hydroxylation is 1. The highest BCUT2D eigenvalue weighted by Crippen LogP contribution is 2.13. The third-order valence-electron chi connectivity index (χ3n) is 3.26. The fourth-order valence-corrected chi connectivity index (χ4v) is 2.30. The van der Waals surface area contributed by atoms with Crippen LogP contribution in [0, 0.1) is 6.92 Å². The zero-order chi connectivity index (χ0) is 14.8. The summed E-state index contributed by atoms with van der Waals surface area (Å²) in [6.07, 6.45) is 2.40. The maximum absolute atomic E-state index is 11.7. The van der Waals surface area contributed by atoms with E-state index >= 15 is 0 Å². The summed E-state index contributed by atoms with van der Waals surface area (Å²) in [5.74, 6) is 0.270. The molecule has 2 heterocycles. The second kappa shape index (κ2) is 5.36. The monoisotopic (exact) mass is 281 g/mol. The molecule has 0 spiro atoms. The van der Waals surface area contributed by atoms with Gasteiger partial charge in [-0.2, -0.15) is 5.10 Å². The van der Waals surface area contributed by atoms with Crippen molar-refractivity contribution in [3.8, 4) is 0 Å². The molecule has 0 radical (unpaired) electrons. The zero-order valence-corrected chi connectivity index (χ0v) is 11.9. The molecular formula is C16H15N3O2. The van der Waals surface area contributed by atoms with Gasteiger partial charge in [-0.1, -0.05) is 29.8 Å². The van der Waals surface area contributed by atoms with Crippen molar-refractivity contribution in [3.63, 3.8) is 0 Å². The van der Waals surface area contributed by atoms with Gasteiger partial charge in [0.2, 0.25) is 0 Å². The van der Waals surface area contributed by atoms with Crippen LogP contribution in [0.25, 0.3) is 5.65 Å². The molecule has 5 nitrogen and oxygen atoms in total. The first-order valence-corrected chi connectivity index (χ1v) is 6.65. The molecule has 21 heavy (non-hydrogen) atoms. The topological polar surface area (TPSA) is 56.5 Å². The minimum absolute atomic E-state index is 0.407. The van der Waals surface area contributed by atoms with E-state index in [1.165, 1.54) is 12.7 Å². The van der Waals surface area contributed by atoms with E-state index in [4.69, 9.17) is 4.74 Å². The Balaban J connectivity index is 1.99. The summed E-state index contributed by atoms with van der Waals surface area (Å²) in [5, 5.41) is 4.41. The van der Waals surface area contributed by atoms with Crippen molar-refractivity contribution < 1.29 is 9.53 Å². The average molecular weight is 281 g/mol. The Bertz CT molecular complexity index is 808. The van der Waals surface area contributed by atoms with E-state index in [1.54, 1.807) is 22.8 Å². The number of benzene rings is 1. The number of fused-ring (bicyclic) bond motifs is 1. The van der Waals surface area contributed by atoms with E-state index in [0.29, 0.717) is 23.5 Å². The van der Waals surface area contributed by atoms with Crippen molar-refractivity contribution in [3.05, 3.63) is 65.1 Å². The van der Waals surface area contributed by atoms with Gasteiger partial charge < -0.3 is 4.74 Å². The summed E-state index contributed by atoms with van der Waals surface area (Å²) in [5.41, 5.74) is 3.28. The molecule has 0 aliphatic carbocycles. The largest absolute Gasteiger partial charge is 0.465 e. The summed E-state index contributed by atoms with van der Waals surface area (Å²) in [6.45, 7) is 2.05. The molecule has 0 aliphatic rings. The van der Waals surface area contributed by atoms with Gasteiger partial charge in [0.25, 0.3) is 0 Å². The number of nitrogens with zero attached hydrogens (tertiary/aromatic N) is 3. The fourth-order valence-electron chi connectivity index (χ4n) is 2.30. The summed E-state index contributed by atoms with van der Waals surface area (Å²) in [6, 6.07) is 11.7. The number of hydrogen-bond donors (Lipinski definition) is 0. The van der Waals surface area contributed by atoms with Gasteiger partial charge in [0.15, 0.2) is 11.5 Å². The molecular weight excluding hydrogens is 266 g/mol. The molecule has 5 heteroatoms. The second-order valence-electron chi connectivity index (χ2n) is 4.88. The lowest BCUT2D eigenvalue weighted by atomic mass is 10.1. The summed E-state index contributed by atoms with van der Waals surface area (Å²) >= 11 is 0. The minimum Gasteiger partial charge on any atom is -0.465 e. The smallest absolute Gasteiger partial charge is 0.341 e. The third-order valence-corrected chi connectivity index (χ3v) is 3.26. The number of aromatic nitrogens is 3. The van der Waals surface area contributed by atoms with Crippen molar-refractivity contribution in [1.29, 1.82) is 0 Å². The predicted molar refractivity (Wildman–Crippen MR) is 78.3 cm³/mol. The van der Waals surface area contributed by atoms with Gasteiger partial charge in [-0.05, 0) is 24.6 Å². The molecule has 0 amide bonds. The van der Waals surface area contributed by atoms with Crippen molar-refractivity contribution in [1.82, 2.24) is 14.6 Å². The lowest BCUT2D eigenvalue weighted by Gasteiger charge is -1.99. The van der Waals surface area contributed by atoms with Crippen LogP contribution >= 0.6 is 0 Å². The maximum atomic E-state index is 11.7. The van der Waals surface area contributed by atoms with Gasteiger partial charge in [0.05, 0.1) is 7.11 Å². The van der Waals surface area contributed by atoms with Crippen LogP contribution in [0.1, 0.15) is 27.3 Å². The second-order valence-corrected chi connectivity index (χ2v) is 4.88. The number of pyridine rings is 1. The molecule has 3 rings (SSSR count). The SMILES string of the molecule is COC(=O)c1cccn2nc(Cc3cccc(C)c3)nc12. The molecule has 0 bridgehead atoms. The van der Waals surface area contributed by atoms with Crippen LogP contribution in [-0.4, -0.2) is 27.7 Å². The van der Waals surface area contributed by atoms with Crippen LogP contribution < -0.4 is 0 Å². The Morgan fingerprint density at radius 3 is 2.90 bits per heavy atom. The first kappa shape index (κ1) is 13.3. The maximum Gasteiger partial charge on any atom is 0.341 e. The van der Waals surface area contributed by atoms with Crippen molar-refractivity contribution in [2.24, 2.45) is 0 Å². The van der Waals surface area contributed by atoms with Crippen LogP contribution in [0.5, 0.6) is 0 Å². The zero-order valence-electron chi connectivity index (χ0n) is 11.9. The van der Waals surface area contributed by atoms with Gasteiger partial charge in [-0.25, -0.2) is 14.3 Å². The van der Waals surface area contributed by atoms with E-state index < -0.39 is 5.97 Å². The van der Waals surface area contributed by atoms with Crippen LogP contribution in [0.2, 0.25) is 0 Å². The lowest BCUT2D eigenvalue weighted by Crippen LogP contribution is -2.04.